The zero-order valence-corrected chi connectivity index (χ0v) is 46.6. The molecule has 0 saturated carbocycles. The van der Waals surface area contributed by atoms with E-state index in [0.717, 1.165) is 77.0 Å². The Balaban J connectivity index is 0. The van der Waals surface area contributed by atoms with Gasteiger partial charge in [-0.2, -0.15) is 0 Å². The van der Waals surface area contributed by atoms with Crippen molar-refractivity contribution >= 4 is 64.9 Å². The van der Waals surface area contributed by atoms with Crippen LogP contribution >= 0.6 is 0 Å². The third-order valence-electron chi connectivity index (χ3n) is 12.9. The molecule has 0 aliphatic rings. The van der Waals surface area contributed by atoms with Crippen LogP contribution in [-0.4, -0.2) is 163 Å². The molecule has 0 spiro atoms. The van der Waals surface area contributed by atoms with Crippen molar-refractivity contribution in [1.29, 1.82) is 0 Å². The third-order valence-corrected chi connectivity index (χ3v) is 12.9. The van der Waals surface area contributed by atoms with E-state index in [1.165, 1.54) is 25.7 Å². The number of rotatable bonds is 56. The molecule has 0 aromatic rings. The minimum Gasteiger partial charge on any atom is -0.481 e. The van der Waals surface area contributed by atoms with E-state index < -0.39 is 78.2 Å². The lowest BCUT2D eigenvalue weighted by atomic mass is 9.94. The second-order valence-electron chi connectivity index (χ2n) is 19.8. The maximum atomic E-state index is 12.7. The minimum atomic E-state index is -1.52. The van der Waals surface area contributed by atoms with Crippen molar-refractivity contribution in [1.82, 2.24) is 21.3 Å². The normalized spacial score (nSPS) is 12.6. The van der Waals surface area contributed by atoms with Gasteiger partial charge in [-0.3, -0.25) is 43.2 Å². The Hall–Kier alpha value is -5.39. The molecule has 8 N–H and O–H groups in total. The molecule has 0 unspecified atom stereocenters. The molecule has 450 valence electrons. The average Bonchev–Trinajstić information content (AvgIpc) is 3.38. The van der Waals surface area contributed by atoms with Crippen LogP contribution in [0.15, 0.2) is 0 Å². The van der Waals surface area contributed by atoms with Crippen LogP contribution in [0.2, 0.25) is 0 Å². The molecule has 4 atom stereocenters. The van der Waals surface area contributed by atoms with Gasteiger partial charge in [0.25, 0.3) is 0 Å². The van der Waals surface area contributed by atoms with E-state index in [1.54, 1.807) is 6.92 Å². The van der Waals surface area contributed by atoms with E-state index in [0.29, 0.717) is 26.0 Å². The highest BCUT2D eigenvalue weighted by molar-refractivity contribution is 5.88. The summed E-state index contributed by atoms with van der Waals surface area (Å²) in [4.78, 5) is 131. The van der Waals surface area contributed by atoms with Crippen molar-refractivity contribution in [2.24, 2.45) is 11.8 Å². The molecule has 0 aromatic heterocycles. The van der Waals surface area contributed by atoms with E-state index in [1.807, 2.05) is 6.92 Å². The second kappa shape index (κ2) is 48.7. The Kier molecular flexibility index (Phi) is 45.3. The molecule has 0 rings (SSSR count). The van der Waals surface area contributed by atoms with Gasteiger partial charge in [0.05, 0.1) is 39.0 Å². The van der Waals surface area contributed by atoms with E-state index in [4.69, 9.17) is 24.1 Å². The number of carboxylic acids is 4. The van der Waals surface area contributed by atoms with E-state index in [9.17, 15) is 68.1 Å². The number of unbranched alkanes of at least 4 members (excludes halogenated alkanes) is 14. The maximum absolute atomic E-state index is 12.7. The monoisotopic (exact) mass is 1120 g/mol. The summed E-state index contributed by atoms with van der Waals surface area (Å²) in [6.45, 7) is 5.15. The first-order chi connectivity index (χ1) is 37.3. The van der Waals surface area contributed by atoms with Crippen molar-refractivity contribution < 1.29 is 93.5 Å². The molecule has 0 aliphatic heterocycles. The summed E-state index contributed by atoms with van der Waals surface area (Å²) >= 11 is 0. The minimum absolute atomic E-state index is 0. The number of hydrogen-bond donors (Lipinski definition) is 8. The van der Waals surface area contributed by atoms with Crippen molar-refractivity contribution in [3.63, 3.8) is 0 Å². The highest BCUT2D eigenvalue weighted by Gasteiger charge is 2.27. The Morgan fingerprint density at radius 2 is 0.872 bits per heavy atom. The van der Waals surface area contributed by atoms with Crippen molar-refractivity contribution in [3.8, 4) is 0 Å². The molecule has 23 heteroatoms. The van der Waals surface area contributed by atoms with Crippen molar-refractivity contribution in [2.75, 3.05) is 65.9 Å². The maximum Gasteiger partial charge on any atom is 0.326 e. The van der Waals surface area contributed by atoms with Crippen molar-refractivity contribution in [3.05, 3.63) is 0 Å². The largest absolute Gasteiger partial charge is 0.481 e. The average molecular weight is 1120 g/mol. The van der Waals surface area contributed by atoms with Crippen LogP contribution in [0.25, 0.3) is 0 Å². The summed E-state index contributed by atoms with van der Waals surface area (Å²) in [5.41, 5.74) is 0. The van der Waals surface area contributed by atoms with E-state index in [-0.39, 0.29) is 129 Å². The SMILES string of the molecule is CC(=O)[C@@H](C)CCCCNC(=O)COCCOCCCC(=O)COCCOCCNC(=O)CC[C@H](CC(=O)CC[C@H](NC(=O)CC[C@H](NC(=O)CCCCCCCCCCCCCCCCC(=O)O)C(=O)O)C(=O)O)C(=O)O.[HH]. The second-order valence-corrected chi connectivity index (χ2v) is 19.8. The molecule has 0 aromatic carbocycles. The first-order valence-electron chi connectivity index (χ1n) is 28.2. The van der Waals surface area contributed by atoms with E-state index >= 15 is 0 Å². The molecule has 23 nitrogen and oxygen atoms in total. The third kappa shape index (κ3) is 45.6. The predicted molar refractivity (Wildman–Crippen MR) is 288 cm³/mol. The van der Waals surface area contributed by atoms with Crippen LogP contribution < -0.4 is 21.3 Å². The van der Waals surface area contributed by atoms with Crippen LogP contribution in [0.5, 0.6) is 0 Å². The highest BCUT2D eigenvalue weighted by Crippen LogP contribution is 2.17. The van der Waals surface area contributed by atoms with Crippen LogP contribution in [0.4, 0.5) is 0 Å². The number of carboxylic acid groups (broad SMARTS) is 4. The Bertz CT molecular complexity index is 1770. The molecular weight excluding hydrogens is 1020 g/mol. The van der Waals surface area contributed by atoms with Gasteiger partial charge in [0.1, 0.15) is 36.9 Å². The Morgan fingerprint density at radius 1 is 0.397 bits per heavy atom. The van der Waals surface area contributed by atoms with E-state index in [2.05, 4.69) is 21.3 Å². The lowest BCUT2D eigenvalue weighted by molar-refractivity contribution is -0.145. The number of Topliss-reactive ketones (excluding diaryl/α,β-unsaturated/α-hetero) is 3. The van der Waals surface area contributed by atoms with Gasteiger partial charge < -0.3 is 60.6 Å². The molecule has 0 radical (unpaired) electrons. The molecule has 0 bridgehead atoms. The van der Waals surface area contributed by atoms with Gasteiger partial charge >= 0.3 is 23.9 Å². The van der Waals surface area contributed by atoms with Crippen LogP contribution in [-0.2, 0) is 71.7 Å². The molecule has 0 fully saturated rings. The first kappa shape index (κ1) is 72.6. The van der Waals surface area contributed by atoms with Crippen LogP contribution in [0.1, 0.15) is 195 Å². The lowest BCUT2D eigenvalue weighted by Crippen LogP contribution is -2.44. The van der Waals surface area contributed by atoms with Crippen molar-refractivity contribution in [2.45, 2.75) is 206 Å². The number of amides is 4. The molecule has 4 amide bonds. The number of aliphatic carboxylic acids is 4. The molecular formula is C55H96N4O19. The number of hydrogen-bond acceptors (Lipinski definition) is 15. The van der Waals surface area contributed by atoms with Gasteiger partial charge in [-0.05, 0) is 58.3 Å². The van der Waals surface area contributed by atoms with Gasteiger partial charge in [0.2, 0.25) is 23.6 Å². The standard InChI is InChI=1S/C55H94N4O19.H2/c1-41(42(2)60)20-17-18-30-56-51(66)40-78-37-34-75-32-19-21-45(62)39-77-36-35-76-33-31-57-48(63)28-24-43(53(69)70)38-44(61)25-26-46(54(71)72)59-50(65)29-27-47(55(73)74)58-49(64)22-15-13-11-9-7-5-3-4-6-8-10-12-14-16-23-52(67)68;/h41,43,46-47H,3-40H2,1-2H3,(H,56,66)(H,57,63)(H,58,64)(H,59,65)(H,67,68)(H,69,70)(H,71,72)(H,73,74);1H/t41-,43+,46-,47-;/m0./s1. The lowest BCUT2D eigenvalue weighted by Gasteiger charge is -2.17. The smallest absolute Gasteiger partial charge is 0.326 e. The van der Waals surface area contributed by atoms with Gasteiger partial charge in [-0.15, -0.1) is 0 Å². The number of ether oxygens (including phenoxy) is 4. The fourth-order valence-electron chi connectivity index (χ4n) is 7.95. The molecule has 0 aliphatic carbocycles. The number of carbonyl (C=O) groups is 11. The quantitative estimate of drug-likeness (QED) is 0.0336. The molecule has 0 heterocycles. The Labute approximate surface area is 462 Å². The molecule has 0 saturated heterocycles. The predicted octanol–water partition coefficient (Wildman–Crippen LogP) is 5.74. The number of ketones is 3. The zero-order valence-electron chi connectivity index (χ0n) is 46.6. The fourth-order valence-corrected chi connectivity index (χ4v) is 7.95. The van der Waals surface area contributed by atoms with Gasteiger partial charge in [-0.25, -0.2) is 9.59 Å². The zero-order chi connectivity index (χ0) is 58.2. The number of carbonyl (C=O) groups excluding carboxylic acids is 7. The summed E-state index contributed by atoms with van der Waals surface area (Å²) < 4.78 is 21.4. The first-order valence-corrected chi connectivity index (χ1v) is 28.2. The summed E-state index contributed by atoms with van der Waals surface area (Å²) in [6.07, 6.45) is 15.4. The van der Waals surface area contributed by atoms with Crippen LogP contribution in [0.3, 0.4) is 0 Å². The summed E-state index contributed by atoms with van der Waals surface area (Å²) in [6, 6.07) is -2.90. The summed E-state index contributed by atoms with van der Waals surface area (Å²) in [5, 5.41) is 47.7. The number of nitrogens with one attached hydrogen (secondary N) is 4. The van der Waals surface area contributed by atoms with Gasteiger partial charge in [0, 0.05) is 72.0 Å². The van der Waals surface area contributed by atoms with Gasteiger partial charge in [0.15, 0.2) is 5.78 Å². The van der Waals surface area contributed by atoms with Gasteiger partial charge in [-0.1, -0.05) is 90.4 Å². The fraction of sp³-hybridized carbons (Fsp3) is 0.800. The highest BCUT2D eigenvalue weighted by atomic mass is 16.5. The Morgan fingerprint density at radius 3 is 1.41 bits per heavy atom. The van der Waals surface area contributed by atoms with Crippen LogP contribution in [0, 0.1) is 11.8 Å². The summed E-state index contributed by atoms with van der Waals surface area (Å²) in [7, 11) is 0. The summed E-state index contributed by atoms with van der Waals surface area (Å²) in [5.74, 6) is -8.60. The topological polar surface area (TPSA) is 354 Å². The molecule has 78 heavy (non-hydrogen) atoms.